The number of hydrogen-bond donors (Lipinski definition) is 0. The Morgan fingerprint density at radius 3 is 2.50 bits per heavy atom. The number of halogens is 1. The average molecular weight is 187 g/mol. The maximum atomic E-state index is 5.70. The first-order chi connectivity index (χ1) is 5.81. The largest absolute Gasteiger partial charge is 0.497 e. The second-order valence-electron chi connectivity index (χ2n) is 2.31. The van der Waals surface area contributed by atoms with Gasteiger partial charge >= 0.3 is 0 Å². The number of hydrogen-bond acceptors (Lipinski definition) is 2. The van der Waals surface area contributed by atoms with Crippen LogP contribution in [0.5, 0.6) is 11.5 Å². The SMILES string of the molecule is COc1ccc(OC)c(CCl)c1. The van der Waals surface area contributed by atoms with Crippen molar-refractivity contribution in [2.75, 3.05) is 14.2 Å². The second kappa shape index (κ2) is 4.21. The highest BCUT2D eigenvalue weighted by Gasteiger charge is 2.02. The van der Waals surface area contributed by atoms with Crippen LogP contribution >= 0.6 is 11.6 Å². The predicted molar refractivity (Wildman–Crippen MR) is 49.1 cm³/mol. The molecule has 0 atom stereocenters. The first kappa shape index (κ1) is 9.20. The summed E-state index contributed by atoms with van der Waals surface area (Å²) in [6, 6.07) is 5.55. The summed E-state index contributed by atoms with van der Waals surface area (Å²) >= 11 is 5.70. The van der Waals surface area contributed by atoms with E-state index >= 15 is 0 Å². The van der Waals surface area contributed by atoms with Gasteiger partial charge in [0.1, 0.15) is 11.5 Å². The van der Waals surface area contributed by atoms with Crippen molar-refractivity contribution in [3.05, 3.63) is 23.8 Å². The summed E-state index contributed by atoms with van der Waals surface area (Å²) in [5, 5.41) is 0. The molecule has 0 heterocycles. The van der Waals surface area contributed by atoms with E-state index in [2.05, 4.69) is 0 Å². The molecule has 3 heteroatoms. The monoisotopic (exact) mass is 186 g/mol. The van der Waals surface area contributed by atoms with E-state index in [1.54, 1.807) is 14.2 Å². The average Bonchev–Trinajstić information content (AvgIpc) is 2.16. The molecular formula is C9H11ClO2. The van der Waals surface area contributed by atoms with Crippen LogP contribution in [0.25, 0.3) is 0 Å². The number of ether oxygens (including phenoxy) is 2. The van der Waals surface area contributed by atoms with Crippen molar-refractivity contribution in [2.45, 2.75) is 5.88 Å². The van der Waals surface area contributed by atoms with Gasteiger partial charge in [-0.1, -0.05) is 0 Å². The quantitative estimate of drug-likeness (QED) is 0.676. The maximum absolute atomic E-state index is 5.70. The van der Waals surface area contributed by atoms with Crippen LogP contribution in [0.1, 0.15) is 5.56 Å². The number of alkyl halides is 1. The van der Waals surface area contributed by atoms with Gasteiger partial charge in [-0.3, -0.25) is 0 Å². The Morgan fingerprint density at radius 2 is 2.00 bits per heavy atom. The Morgan fingerprint density at radius 1 is 1.25 bits per heavy atom. The fourth-order valence-corrected chi connectivity index (χ4v) is 1.20. The van der Waals surface area contributed by atoms with Crippen molar-refractivity contribution in [1.29, 1.82) is 0 Å². The highest BCUT2D eigenvalue weighted by molar-refractivity contribution is 6.17. The van der Waals surface area contributed by atoms with Crippen LogP contribution in [0.2, 0.25) is 0 Å². The minimum absolute atomic E-state index is 0.431. The Hall–Kier alpha value is -0.890. The van der Waals surface area contributed by atoms with Gasteiger partial charge in [0, 0.05) is 5.56 Å². The van der Waals surface area contributed by atoms with Gasteiger partial charge in [0.15, 0.2) is 0 Å². The van der Waals surface area contributed by atoms with Crippen molar-refractivity contribution in [2.24, 2.45) is 0 Å². The Kier molecular flexibility index (Phi) is 3.23. The Labute approximate surface area is 77.1 Å². The molecule has 0 fully saturated rings. The lowest BCUT2D eigenvalue weighted by molar-refractivity contribution is 0.400. The van der Waals surface area contributed by atoms with Gasteiger partial charge in [0.05, 0.1) is 20.1 Å². The predicted octanol–water partition coefficient (Wildman–Crippen LogP) is 2.44. The zero-order valence-corrected chi connectivity index (χ0v) is 7.89. The van der Waals surface area contributed by atoms with Crippen LogP contribution in [-0.4, -0.2) is 14.2 Å². The second-order valence-corrected chi connectivity index (χ2v) is 2.58. The molecule has 0 saturated heterocycles. The molecule has 0 amide bonds. The minimum atomic E-state index is 0.431. The molecule has 0 aliphatic heterocycles. The molecule has 0 N–H and O–H groups in total. The van der Waals surface area contributed by atoms with Gasteiger partial charge in [0.2, 0.25) is 0 Å². The summed E-state index contributed by atoms with van der Waals surface area (Å²) in [6.45, 7) is 0. The summed E-state index contributed by atoms with van der Waals surface area (Å²) < 4.78 is 10.1. The summed E-state index contributed by atoms with van der Waals surface area (Å²) in [5.74, 6) is 2.03. The van der Waals surface area contributed by atoms with E-state index in [9.17, 15) is 0 Å². The molecule has 2 nitrogen and oxygen atoms in total. The highest BCUT2D eigenvalue weighted by Crippen LogP contribution is 2.24. The molecular weight excluding hydrogens is 176 g/mol. The first-order valence-corrected chi connectivity index (χ1v) is 4.12. The third-order valence-electron chi connectivity index (χ3n) is 1.63. The van der Waals surface area contributed by atoms with Gasteiger partial charge in [-0.15, -0.1) is 11.6 Å². The third kappa shape index (κ3) is 1.83. The fourth-order valence-electron chi connectivity index (χ4n) is 0.986. The molecule has 0 radical (unpaired) electrons. The van der Waals surface area contributed by atoms with Crippen LogP contribution in [-0.2, 0) is 5.88 Å². The van der Waals surface area contributed by atoms with Gasteiger partial charge < -0.3 is 9.47 Å². The Balaban J connectivity index is 3.02. The van der Waals surface area contributed by atoms with Crippen LogP contribution in [0.4, 0.5) is 0 Å². The van der Waals surface area contributed by atoms with Crippen molar-refractivity contribution >= 4 is 11.6 Å². The van der Waals surface area contributed by atoms with E-state index < -0.39 is 0 Å². The van der Waals surface area contributed by atoms with E-state index in [1.165, 1.54) is 0 Å². The van der Waals surface area contributed by atoms with E-state index in [-0.39, 0.29) is 0 Å². The molecule has 12 heavy (non-hydrogen) atoms. The lowest BCUT2D eigenvalue weighted by atomic mass is 10.2. The van der Waals surface area contributed by atoms with Gasteiger partial charge in [-0.05, 0) is 18.2 Å². The summed E-state index contributed by atoms with van der Waals surface area (Å²) in [6.07, 6.45) is 0. The van der Waals surface area contributed by atoms with E-state index in [4.69, 9.17) is 21.1 Å². The molecule has 0 aliphatic rings. The van der Waals surface area contributed by atoms with Crippen LogP contribution in [0, 0.1) is 0 Å². The van der Waals surface area contributed by atoms with Crippen LogP contribution in [0.15, 0.2) is 18.2 Å². The highest BCUT2D eigenvalue weighted by atomic mass is 35.5. The number of methoxy groups -OCH3 is 2. The molecule has 0 aliphatic carbocycles. The molecule has 0 bridgehead atoms. The van der Waals surface area contributed by atoms with E-state index in [0.717, 1.165) is 17.1 Å². The van der Waals surface area contributed by atoms with Crippen LogP contribution < -0.4 is 9.47 Å². The minimum Gasteiger partial charge on any atom is -0.497 e. The molecule has 66 valence electrons. The molecule has 0 spiro atoms. The standard InChI is InChI=1S/C9H11ClO2/c1-11-8-3-4-9(12-2)7(5-8)6-10/h3-5H,6H2,1-2H3. The van der Waals surface area contributed by atoms with E-state index in [1.807, 2.05) is 18.2 Å². The fraction of sp³-hybridized carbons (Fsp3) is 0.333. The maximum Gasteiger partial charge on any atom is 0.123 e. The van der Waals surface area contributed by atoms with Gasteiger partial charge in [-0.25, -0.2) is 0 Å². The summed E-state index contributed by atoms with van der Waals surface area (Å²) in [5.41, 5.74) is 0.943. The van der Waals surface area contributed by atoms with Crippen molar-refractivity contribution in [1.82, 2.24) is 0 Å². The summed E-state index contributed by atoms with van der Waals surface area (Å²) in [7, 11) is 3.25. The lowest BCUT2D eigenvalue weighted by Crippen LogP contribution is -1.90. The Bertz CT molecular complexity index is 261. The zero-order chi connectivity index (χ0) is 8.97. The first-order valence-electron chi connectivity index (χ1n) is 3.58. The van der Waals surface area contributed by atoms with Crippen molar-refractivity contribution in [3.63, 3.8) is 0 Å². The molecule has 0 unspecified atom stereocenters. The van der Waals surface area contributed by atoms with E-state index in [0.29, 0.717) is 5.88 Å². The number of benzene rings is 1. The smallest absolute Gasteiger partial charge is 0.123 e. The van der Waals surface area contributed by atoms with Crippen molar-refractivity contribution < 1.29 is 9.47 Å². The molecule has 0 aromatic heterocycles. The van der Waals surface area contributed by atoms with Gasteiger partial charge in [0.25, 0.3) is 0 Å². The normalized spacial score (nSPS) is 9.58. The van der Waals surface area contributed by atoms with Gasteiger partial charge in [-0.2, -0.15) is 0 Å². The molecule has 0 saturated carbocycles. The molecule has 1 aromatic carbocycles. The van der Waals surface area contributed by atoms with Crippen LogP contribution in [0.3, 0.4) is 0 Å². The number of rotatable bonds is 3. The lowest BCUT2D eigenvalue weighted by Gasteiger charge is -2.07. The summed E-state index contributed by atoms with van der Waals surface area (Å²) in [4.78, 5) is 0. The topological polar surface area (TPSA) is 18.5 Å². The molecule has 1 aromatic rings. The molecule has 1 rings (SSSR count). The zero-order valence-electron chi connectivity index (χ0n) is 7.13. The third-order valence-corrected chi connectivity index (χ3v) is 1.92. The van der Waals surface area contributed by atoms with Crippen molar-refractivity contribution in [3.8, 4) is 11.5 Å².